The minimum atomic E-state index is 0.834. The molecule has 0 fully saturated rings. The van der Waals surface area contributed by atoms with Crippen molar-refractivity contribution in [1.29, 1.82) is 0 Å². The molecule has 0 heterocycles. The second-order valence-electron chi connectivity index (χ2n) is 4.34. The van der Waals surface area contributed by atoms with Crippen LogP contribution in [0.25, 0.3) is 0 Å². The van der Waals surface area contributed by atoms with Crippen molar-refractivity contribution in [1.82, 2.24) is 5.32 Å². The fourth-order valence-corrected chi connectivity index (χ4v) is 2.04. The van der Waals surface area contributed by atoms with Crippen LogP contribution in [0, 0.1) is 0 Å². The fourth-order valence-electron chi connectivity index (χ4n) is 1.78. The molecular weight excluding hydrogens is 302 g/mol. The van der Waals surface area contributed by atoms with Gasteiger partial charge in [-0.3, -0.25) is 0 Å². The minimum Gasteiger partial charge on any atom is -0.457 e. The molecule has 0 aliphatic heterocycles. The van der Waals surface area contributed by atoms with Crippen LogP contribution in [-0.2, 0) is 6.54 Å². The second-order valence-corrected chi connectivity index (χ2v) is 5.26. The van der Waals surface area contributed by atoms with Crippen molar-refractivity contribution in [3.05, 3.63) is 58.6 Å². The Labute approximate surface area is 122 Å². The van der Waals surface area contributed by atoms with E-state index in [1.807, 2.05) is 42.5 Å². The van der Waals surface area contributed by atoms with Crippen LogP contribution in [0.3, 0.4) is 0 Å². The smallest absolute Gasteiger partial charge is 0.131 e. The molecule has 0 aromatic heterocycles. The average Bonchev–Trinajstić information content (AvgIpc) is 2.43. The van der Waals surface area contributed by atoms with Gasteiger partial charge < -0.3 is 10.1 Å². The lowest BCUT2D eigenvalue weighted by Crippen LogP contribution is -2.14. The van der Waals surface area contributed by atoms with Gasteiger partial charge in [-0.05, 0) is 43.3 Å². The number of halogens is 1. The van der Waals surface area contributed by atoms with Gasteiger partial charge in [-0.2, -0.15) is 0 Å². The van der Waals surface area contributed by atoms with Crippen molar-refractivity contribution in [2.24, 2.45) is 0 Å². The van der Waals surface area contributed by atoms with Crippen molar-refractivity contribution < 1.29 is 4.74 Å². The number of hydrogen-bond acceptors (Lipinski definition) is 2. The zero-order chi connectivity index (χ0) is 13.5. The summed E-state index contributed by atoms with van der Waals surface area (Å²) in [5, 5.41) is 3.40. The highest BCUT2D eigenvalue weighted by molar-refractivity contribution is 9.10. The topological polar surface area (TPSA) is 21.3 Å². The summed E-state index contributed by atoms with van der Waals surface area (Å²) in [5.74, 6) is 1.76. The third-order valence-corrected chi connectivity index (χ3v) is 3.28. The fraction of sp³-hybridized carbons (Fsp3) is 0.250. The zero-order valence-electron chi connectivity index (χ0n) is 11.0. The van der Waals surface area contributed by atoms with Crippen LogP contribution in [0.15, 0.2) is 53.0 Å². The van der Waals surface area contributed by atoms with Gasteiger partial charge in [0.25, 0.3) is 0 Å². The molecule has 2 nitrogen and oxygen atoms in total. The Morgan fingerprint density at radius 1 is 1.05 bits per heavy atom. The molecule has 0 radical (unpaired) electrons. The van der Waals surface area contributed by atoms with Gasteiger partial charge in [0.15, 0.2) is 0 Å². The molecule has 100 valence electrons. The number of ether oxygens (including phenoxy) is 1. The highest BCUT2D eigenvalue weighted by atomic mass is 79.9. The van der Waals surface area contributed by atoms with Gasteiger partial charge in [0, 0.05) is 16.6 Å². The van der Waals surface area contributed by atoms with Crippen LogP contribution < -0.4 is 10.1 Å². The van der Waals surface area contributed by atoms with Crippen molar-refractivity contribution in [3.8, 4) is 11.5 Å². The van der Waals surface area contributed by atoms with Crippen molar-refractivity contribution in [2.45, 2.75) is 19.9 Å². The molecule has 0 amide bonds. The number of rotatable bonds is 6. The van der Waals surface area contributed by atoms with E-state index < -0.39 is 0 Å². The first-order valence-electron chi connectivity index (χ1n) is 6.51. The quantitative estimate of drug-likeness (QED) is 0.776. The number of nitrogens with one attached hydrogen (secondary N) is 1. The molecule has 0 aliphatic rings. The van der Waals surface area contributed by atoms with Gasteiger partial charge in [0.2, 0.25) is 0 Å². The largest absolute Gasteiger partial charge is 0.457 e. The van der Waals surface area contributed by atoms with E-state index in [1.165, 1.54) is 5.56 Å². The Bertz CT molecular complexity index is 510. The molecule has 2 aromatic rings. The predicted octanol–water partition coefficient (Wildman–Crippen LogP) is 4.74. The van der Waals surface area contributed by atoms with Crippen LogP contribution in [0.4, 0.5) is 0 Å². The van der Waals surface area contributed by atoms with Crippen molar-refractivity contribution in [2.75, 3.05) is 6.54 Å². The lowest BCUT2D eigenvalue weighted by molar-refractivity contribution is 0.472. The van der Waals surface area contributed by atoms with Gasteiger partial charge >= 0.3 is 0 Å². The SMILES string of the molecule is CCCNCc1ccccc1Oc1ccc(Br)cc1. The molecule has 0 saturated heterocycles. The number of benzene rings is 2. The Morgan fingerprint density at radius 3 is 2.53 bits per heavy atom. The summed E-state index contributed by atoms with van der Waals surface area (Å²) < 4.78 is 6.99. The van der Waals surface area contributed by atoms with Crippen LogP contribution >= 0.6 is 15.9 Å². The summed E-state index contributed by atoms with van der Waals surface area (Å²) in [6.45, 7) is 4.02. The Balaban J connectivity index is 2.08. The molecule has 0 spiro atoms. The molecule has 2 aromatic carbocycles. The Hall–Kier alpha value is -1.32. The molecule has 0 unspecified atom stereocenters. The van der Waals surface area contributed by atoms with Gasteiger partial charge in [-0.1, -0.05) is 41.1 Å². The molecule has 19 heavy (non-hydrogen) atoms. The Morgan fingerprint density at radius 2 is 1.79 bits per heavy atom. The highest BCUT2D eigenvalue weighted by Gasteiger charge is 2.03. The summed E-state index contributed by atoms with van der Waals surface area (Å²) in [7, 11) is 0. The van der Waals surface area contributed by atoms with Crippen LogP contribution in [0.5, 0.6) is 11.5 Å². The maximum atomic E-state index is 5.93. The van der Waals surface area contributed by atoms with E-state index in [4.69, 9.17) is 4.74 Å². The number of para-hydroxylation sites is 1. The number of hydrogen-bond donors (Lipinski definition) is 1. The third kappa shape index (κ3) is 4.37. The van der Waals surface area contributed by atoms with Crippen molar-refractivity contribution >= 4 is 15.9 Å². The van der Waals surface area contributed by atoms with E-state index in [-0.39, 0.29) is 0 Å². The molecule has 1 N–H and O–H groups in total. The lowest BCUT2D eigenvalue weighted by Gasteiger charge is -2.11. The van der Waals surface area contributed by atoms with E-state index >= 15 is 0 Å². The molecular formula is C16H18BrNO. The van der Waals surface area contributed by atoms with Crippen LogP contribution in [0.2, 0.25) is 0 Å². The first kappa shape index (κ1) is 14.1. The van der Waals surface area contributed by atoms with E-state index in [0.717, 1.165) is 35.5 Å². The van der Waals surface area contributed by atoms with E-state index in [2.05, 4.69) is 34.2 Å². The minimum absolute atomic E-state index is 0.834. The lowest BCUT2D eigenvalue weighted by atomic mass is 10.2. The van der Waals surface area contributed by atoms with Crippen molar-refractivity contribution in [3.63, 3.8) is 0 Å². The monoisotopic (exact) mass is 319 g/mol. The van der Waals surface area contributed by atoms with Gasteiger partial charge in [0.1, 0.15) is 11.5 Å². The van der Waals surface area contributed by atoms with Gasteiger partial charge in [0.05, 0.1) is 0 Å². The first-order chi connectivity index (χ1) is 9.29. The standard InChI is InChI=1S/C16H18BrNO/c1-2-11-18-12-13-5-3-4-6-16(13)19-15-9-7-14(17)8-10-15/h3-10,18H,2,11-12H2,1H3. The summed E-state index contributed by atoms with van der Waals surface area (Å²) in [6, 6.07) is 16.0. The predicted molar refractivity (Wildman–Crippen MR) is 82.7 cm³/mol. The Kier molecular flexibility index (Phi) is 5.43. The molecule has 2 rings (SSSR count). The summed E-state index contributed by atoms with van der Waals surface area (Å²) >= 11 is 3.42. The van der Waals surface area contributed by atoms with Gasteiger partial charge in [-0.15, -0.1) is 0 Å². The normalized spacial score (nSPS) is 10.4. The molecule has 0 atom stereocenters. The average molecular weight is 320 g/mol. The molecule has 0 saturated carbocycles. The van der Waals surface area contributed by atoms with Crippen LogP contribution in [-0.4, -0.2) is 6.54 Å². The maximum Gasteiger partial charge on any atom is 0.131 e. The maximum absolute atomic E-state index is 5.93. The molecule has 3 heteroatoms. The van der Waals surface area contributed by atoms with E-state index in [1.54, 1.807) is 0 Å². The second kappa shape index (κ2) is 7.31. The van der Waals surface area contributed by atoms with Crippen LogP contribution in [0.1, 0.15) is 18.9 Å². The van der Waals surface area contributed by atoms with E-state index in [0.29, 0.717) is 0 Å². The summed E-state index contributed by atoms with van der Waals surface area (Å²) in [4.78, 5) is 0. The third-order valence-electron chi connectivity index (χ3n) is 2.76. The molecule has 0 bridgehead atoms. The first-order valence-corrected chi connectivity index (χ1v) is 7.31. The zero-order valence-corrected chi connectivity index (χ0v) is 12.6. The summed E-state index contributed by atoms with van der Waals surface area (Å²) in [5.41, 5.74) is 1.18. The highest BCUT2D eigenvalue weighted by Crippen LogP contribution is 2.26. The molecule has 0 aliphatic carbocycles. The van der Waals surface area contributed by atoms with Gasteiger partial charge in [-0.25, -0.2) is 0 Å². The summed E-state index contributed by atoms with van der Waals surface area (Å²) in [6.07, 6.45) is 1.13. The van der Waals surface area contributed by atoms with E-state index in [9.17, 15) is 0 Å².